The second kappa shape index (κ2) is 5.01. The largest absolute Gasteiger partial charge is 0.321 e. The third kappa shape index (κ3) is 2.34. The Hall–Kier alpha value is -2.13. The number of fused-ring (bicyclic) bond motifs is 2. The highest BCUT2D eigenvalue weighted by atomic mass is 32.1. The Morgan fingerprint density at radius 2 is 1.86 bits per heavy atom. The molecule has 21 heavy (non-hydrogen) atoms. The Balaban J connectivity index is 1.60. The number of nitrogens with one attached hydrogen (secondary N) is 1. The van der Waals surface area contributed by atoms with Crippen LogP contribution in [0.3, 0.4) is 0 Å². The lowest BCUT2D eigenvalue weighted by Crippen LogP contribution is -2.10. The summed E-state index contributed by atoms with van der Waals surface area (Å²) >= 11 is 1.54. The van der Waals surface area contributed by atoms with Crippen LogP contribution in [0.15, 0.2) is 48.5 Å². The summed E-state index contributed by atoms with van der Waals surface area (Å²) in [7, 11) is 0. The van der Waals surface area contributed by atoms with Crippen molar-refractivity contribution in [2.75, 3.05) is 5.32 Å². The number of carbonyl (C=O) groups excluding carboxylic acids is 1. The second-order valence-corrected chi connectivity index (χ2v) is 6.52. The van der Waals surface area contributed by atoms with Gasteiger partial charge in [-0.25, -0.2) is 0 Å². The third-order valence-corrected chi connectivity index (χ3v) is 5.12. The van der Waals surface area contributed by atoms with Gasteiger partial charge in [0.2, 0.25) is 0 Å². The van der Waals surface area contributed by atoms with Gasteiger partial charge in [0.05, 0.1) is 4.88 Å². The minimum Gasteiger partial charge on any atom is -0.321 e. The van der Waals surface area contributed by atoms with Crippen LogP contribution in [0.2, 0.25) is 0 Å². The maximum absolute atomic E-state index is 12.4. The maximum Gasteiger partial charge on any atom is 0.265 e. The van der Waals surface area contributed by atoms with Crippen molar-refractivity contribution in [3.63, 3.8) is 0 Å². The van der Waals surface area contributed by atoms with E-state index in [2.05, 4.69) is 17.4 Å². The first-order chi connectivity index (χ1) is 10.3. The molecule has 2 aromatic carbocycles. The highest BCUT2D eigenvalue weighted by molar-refractivity contribution is 7.20. The first-order valence-corrected chi connectivity index (χ1v) is 8.03. The number of amides is 1. The molecule has 2 nitrogen and oxygen atoms in total. The summed E-state index contributed by atoms with van der Waals surface area (Å²) in [5.74, 6) is -0.0193. The van der Waals surface area contributed by atoms with Gasteiger partial charge in [0.15, 0.2) is 0 Å². The molecular formula is C18H15NOS. The van der Waals surface area contributed by atoms with Crippen molar-refractivity contribution in [2.24, 2.45) is 0 Å². The van der Waals surface area contributed by atoms with Crippen LogP contribution in [0.1, 0.15) is 27.2 Å². The molecule has 0 unspecified atom stereocenters. The lowest BCUT2D eigenvalue weighted by Gasteiger charge is -2.06. The predicted molar refractivity (Wildman–Crippen MR) is 88.2 cm³/mol. The lowest BCUT2D eigenvalue weighted by atomic mass is 10.1. The molecule has 3 aromatic rings. The number of anilines is 1. The van der Waals surface area contributed by atoms with Gasteiger partial charge in [-0.2, -0.15) is 0 Å². The smallest absolute Gasteiger partial charge is 0.265 e. The van der Waals surface area contributed by atoms with E-state index in [0.29, 0.717) is 0 Å². The zero-order valence-corrected chi connectivity index (χ0v) is 12.4. The van der Waals surface area contributed by atoms with Gasteiger partial charge in [-0.3, -0.25) is 4.79 Å². The number of hydrogen-bond acceptors (Lipinski definition) is 2. The summed E-state index contributed by atoms with van der Waals surface area (Å²) < 4.78 is 1.15. The average molecular weight is 293 g/mol. The summed E-state index contributed by atoms with van der Waals surface area (Å²) in [6.07, 6.45) is 3.52. The fourth-order valence-corrected chi connectivity index (χ4v) is 3.89. The molecule has 0 radical (unpaired) electrons. The Labute approximate surface area is 127 Å². The van der Waals surface area contributed by atoms with Crippen molar-refractivity contribution in [3.05, 3.63) is 64.5 Å². The molecule has 1 aliphatic carbocycles. The summed E-state index contributed by atoms with van der Waals surface area (Å²) in [5.41, 5.74) is 3.71. The normalized spacial score (nSPS) is 13.3. The summed E-state index contributed by atoms with van der Waals surface area (Å²) in [4.78, 5) is 13.1. The molecule has 104 valence electrons. The van der Waals surface area contributed by atoms with Crippen LogP contribution in [0.25, 0.3) is 10.1 Å². The van der Waals surface area contributed by atoms with Gasteiger partial charge >= 0.3 is 0 Å². The van der Waals surface area contributed by atoms with Gasteiger partial charge in [-0.1, -0.05) is 24.3 Å². The molecule has 0 bridgehead atoms. The highest BCUT2D eigenvalue weighted by Crippen LogP contribution is 2.28. The molecule has 1 aromatic heterocycles. The number of benzene rings is 2. The second-order valence-electron chi connectivity index (χ2n) is 5.44. The number of thiophene rings is 1. The fourth-order valence-electron chi connectivity index (χ4n) is 2.94. The Morgan fingerprint density at radius 3 is 2.76 bits per heavy atom. The monoisotopic (exact) mass is 293 g/mol. The van der Waals surface area contributed by atoms with E-state index < -0.39 is 0 Å². The van der Waals surface area contributed by atoms with Gasteiger partial charge < -0.3 is 5.32 Å². The van der Waals surface area contributed by atoms with Crippen molar-refractivity contribution in [1.29, 1.82) is 0 Å². The third-order valence-electron chi connectivity index (χ3n) is 4.01. The van der Waals surface area contributed by atoms with Crippen molar-refractivity contribution >= 4 is 33.0 Å². The maximum atomic E-state index is 12.4. The van der Waals surface area contributed by atoms with Crippen molar-refractivity contribution in [3.8, 4) is 0 Å². The molecule has 0 aliphatic heterocycles. The van der Waals surface area contributed by atoms with Gasteiger partial charge in [0.25, 0.3) is 5.91 Å². The standard InChI is InChI=1S/C18H15NOS/c20-18(17-11-14-4-1-2-7-16(14)21-17)19-15-9-8-12-5-3-6-13(12)10-15/h1-2,4,7-11H,3,5-6H2,(H,19,20). The van der Waals surface area contributed by atoms with Crippen molar-refractivity contribution in [1.82, 2.24) is 0 Å². The van der Waals surface area contributed by atoms with Crippen LogP contribution in [0.5, 0.6) is 0 Å². The van der Waals surface area contributed by atoms with Crippen LogP contribution in [-0.4, -0.2) is 5.91 Å². The number of aryl methyl sites for hydroxylation is 2. The van der Waals surface area contributed by atoms with Gasteiger partial charge in [0, 0.05) is 10.4 Å². The molecular weight excluding hydrogens is 278 g/mol. The van der Waals surface area contributed by atoms with E-state index in [1.54, 1.807) is 0 Å². The molecule has 1 amide bonds. The topological polar surface area (TPSA) is 29.1 Å². The SMILES string of the molecule is O=C(Nc1ccc2c(c1)CCC2)c1cc2ccccc2s1. The van der Waals surface area contributed by atoms with E-state index in [-0.39, 0.29) is 5.91 Å². The Kier molecular flexibility index (Phi) is 3.00. The first kappa shape index (κ1) is 12.6. The van der Waals surface area contributed by atoms with Crippen LogP contribution >= 0.6 is 11.3 Å². The number of rotatable bonds is 2. The lowest BCUT2D eigenvalue weighted by molar-refractivity contribution is 0.103. The average Bonchev–Trinajstić information content (AvgIpc) is 3.13. The van der Waals surface area contributed by atoms with Crippen LogP contribution in [-0.2, 0) is 12.8 Å². The molecule has 0 spiro atoms. The predicted octanol–water partition coefficient (Wildman–Crippen LogP) is 4.64. The highest BCUT2D eigenvalue weighted by Gasteiger charge is 2.13. The molecule has 1 heterocycles. The van der Waals surface area contributed by atoms with E-state index in [0.717, 1.165) is 27.1 Å². The van der Waals surface area contributed by atoms with Crippen LogP contribution in [0.4, 0.5) is 5.69 Å². The van der Waals surface area contributed by atoms with Crippen LogP contribution in [0, 0.1) is 0 Å². The molecule has 0 atom stereocenters. The van der Waals surface area contributed by atoms with Crippen molar-refractivity contribution < 1.29 is 4.79 Å². The quantitative estimate of drug-likeness (QED) is 0.732. The van der Waals surface area contributed by atoms with Gasteiger partial charge in [-0.05, 0) is 60.0 Å². The molecule has 0 fully saturated rings. The zero-order valence-electron chi connectivity index (χ0n) is 11.6. The molecule has 4 rings (SSSR count). The van der Waals surface area contributed by atoms with Gasteiger partial charge in [-0.15, -0.1) is 11.3 Å². The molecule has 1 aliphatic rings. The molecule has 1 N–H and O–H groups in total. The fraction of sp³-hybridized carbons (Fsp3) is 0.167. The number of carbonyl (C=O) groups is 1. The first-order valence-electron chi connectivity index (χ1n) is 7.21. The van der Waals surface area contributed by atoms with Gasteiger partial charge in [0.1, 0.15) is 0 Å². The number of hydrogen-bond donors (Lipinski definition) is 1. The zero-order chi connectivity index (χ0) is 14.2. The Bertz CT molecular complexity index is 801. The minimum absolute atomic E-state index is 0.0193. The summed E-state index contributed by atoms with van der Waals surface area (Å²) in [5, 5.41) is 4.15. The van der Waals surface area contributed by atoms with Crippen molar-refractivity contribution in [2.45, 2.75) is 19.3 Å². The van der Waals surface area contributed by atoms with E-state index in [1.807, 2.05) is 36.4 Å². The van der Waals surface area contributed by atoms with E-state index in [9.17, 15) is 4.79 Å². The van der Waals surface area contributed by atoms with E-state index in [1.165, 1.54) is 35.3 Å². The van der Waals surface area contributed by atoms with Crippen LogP contribution < -0.4 is 5.32 Å². The Morgan fingerprint density at radius 1 is 1.00 bits per heavy atom. The molecule has 3 heteroatoms. The minimum atomic E-state index is -0.0193. The van der Waals surface area contributed by atoms with E-state index >= 15 is 0 Å². The van der Waals surface area contributed by atoms with E-state index in [4.69, 9.17) is 0 Å². The summed E-state index contributed by atoms with van der Waals surface area (Å²) in [6.45, 7) is 0. The summed E-state index contributed by atoms with van der Waals surface area (Å²) in [6, 6.07) is 16.3. The molecule has 0 saturated heterocycles. The molecule has 0 saturated carbocycles.